The second-order valence-electron chi connectivity index (χ2n) is 4.84. The van der Waals surface area contributed by atoms with Crippen LogP contribution in [0.3, 0.4) is 0 Å². The number of benzene rings is 2. The molecule has 0 aliphatic heterocycles. The van der Waals surface area contributed by atoms with Gasteiger partial charge in [0, 0.05) is 5.69 Å². The summed E-state index contributed by atoms with van der Waals surface area (Å²) in [4.78, 5) is 4.35. The first-order valence-electron chi connectivity index (χ1n) is 6.80. The van der Waals surface area contributed by atoms with Gasteiger partial charge in [-0.3, -0.25) is 0 Å². The molecule has 0 bridgehead atoms. The molecule has 1 heterocycles. The first-order valence-corrected chi connectivity index (χ1v) is 6.80. The van der Waals surface area contributed by atoms with Gasteiger partial charge in [0.2, 0.25) is 0 Å². The van der Waals surface area contributed by atoms with Crippen LogP contribution in [0.1, 0.15) is 18.1 Å². The third-order valence-corrected chi connectivity index (χ3v) is 3.35. The van der Waals surface area contributed by atoms with E-state index in [1.165, 1.54) is 12.1 Å². The number of aryl methyl sites for hydroxylation is 1. The Balaban J connectivity index is 1.87. The second kappa shape index (κ2) is 5.36. The van der Waals surface area contributed by atoms with Gasteiger partial charge in [-0.25, -0.2) is 0 Å². The number of anilines is 2. The van der Waals surface area contributed by atoms with Crippen molar-refractivity contribution < 1.29 is 17.6 Å². The molecule has 0 amide bonds. The molecule has 0 saturated carbocycles. The van der Waals surface area contributed by atoms with Crippen molar-refractivity contribution in [2.24, 2.45) is 0 Å². The Kier molecular flexibility index (Phi) is 3.52. The smallest absolute Gasteiger partial charge is 0.416 e. The number of para-hydroxylation sites is 1. The lowest BCUT2D eigenvalue weighted by molar-refractivity contribution is -0.137. The molecule has 0 spiro atoms. The average molecular weight is 306 g/mol. The molecule has 0 atom stereocenters. The Bertz CT molecular complexity index is 791. The minimum Gasteiger partial charge on any atom is -0.423 e. The van der Waals surface area contributed by atoms with E-state index in [0.29, 0.717) is 11.3 Å². The zero-order valence-corrected chi connectivity index (χ0v) is 11.7. The Morgan fingerprint density at radius 2 is 1.82 bits per heavy atom. The highest BCUT2D eigenvalue weighted by atomic mass is 19.4. The van der Waals surface area contributed by atoms with E-state index in [1.807, 2.05) is 19.1 Å². The molecule has 114 valence electrons. The normalized spacial score (nSPS) is 11.8. The third-order valence-electron chi connectivity index (χ3n) is 3.35. The second-order valence-corrected chi connectivity index (χ2v) is 4.84. The molecule has 0 aliphatic carbocycles. The quantitative estimate of drug-likeness (QED) is 0.727. The van der Waals surface area contributed by atoms with E-state index >= 15 is 0 Å². The fourth-order valence-corrected chi connectivity index (χ4v) is 2.21. The van der Waals surface area contributed by atoms with E-state index in [9.17, 15) is 13.2 Å². The minimum absolute atomic E-state index is 0.260. The fourth-order valence-electron chi connectivity index (χ4n) is 2.21. The van der Waals surface area contributed by atoms with E-state index in [2.05, 4.69) is 10.3 Å². The van der Waals surface area contributed by atoms with Crippen LogP contribution in [-0.4, -0.2) is 4.98 Å². The summed E-state index contributed by atoms with van der Waals surface area (Å²) >= 11 is 0. The van der Waals surface area contributed by atoms with Crippen molar-refractivity contribution >= 4 is 22.8 Å². The van der Waals surface area contributed by atoms with E-state index in [0.717, 1.165) is 29.6 Å². The van der Waals surface area contributed by atoms with Gasteiger partial charge in [0.05, 0.1) is 5.56 Å². The number of oxazole rings is 1. The molecule has 22 heavy (non-hydrogen) atoms. The van der Waals surface area contributed by atoms with Crippen LogP contribution in [0.4, 0.5) is 24.9 Å². The molecule has 0 unspecified atom stereocenters. The van der Waals surface area contributed by atoms with Gasteiger partial charge in [0.25, 0.3) is 6.01 Å². The summed E-state index contributed by atoms with van der Waals surface area (Å²) in [6, 6.07) is 10.6. The number of halogens is 3. The number of hydrogen-bond acceptors (Lipinski definition) is 3. The number of fused-ring (bicyclic) bond motifs is 1. The maximum atomic E-state index is 12.5. The van der Waals surface area contributed by atoms with Crippen LogP contribution in [0.15, 0.2) is 46.9 Å². The molecule has 1 N–H and O–H groups in total. The predicted octanol–water partition coefficient (Wildman–Crippen LogP) is 5.15. The lowest BCUT2D eigenvalue weighted by Gasteiger charge is -2.07. The molecule has 0 saturated heterocycles. The molecule has 3 nitrogen and oxygen atoms in total. The topological polar surface area (TPSA) is 38.1 Å². The Morgan fingerprint density at radius 3 is 2.45 bits per heavy atom. The van der Waals surface area contributed by atoms with E-state index in [1.54, 1.807) is 6.07 Å². The molecule has 3 rings (SSSR count). The first-order chi connectivity index (χ1) is 10.5. The van der Waals surface area contributed by atoms with Crippen LogP contribution in [0.2, 0.25) is 0 Å². The summed E-state index contributed by atoms with van der Waals surface area (Å²) in [5.41, 5.74) is 2.26. The van der Waals surface area contributed by atoms with E-state index in [4.69, 9.17) is 4.42 Å². The van der Waals surface area contributed by atoms with Gasteiger partial charge in [-0.2, -0.15) is 18.2 Å². The van der Waals surface area contributed by atoms with Gasteiger partial charge in [-0.05, 0) is 42.3 Å². The number of aromatic nitrogens is 1. The van der Waals surface area contributed by atoms with Gasteiger partial charge in [-0.1, -0.05) is 19.1 Å². The molecular formula is C16H13F3N2O. The standard InChI is InChI=1S/C16H13F3N2O/c1-2-10-4-3-5-13-14(10)21-15(22-13)20-12-8-6-11(7-9-12)16(17,18)19/h3-9H,2H2,1H3,(H,20,21). The summed E-state index contributed by atoms with van der Waals surface area (Å²) in [5.74, 6) is 0. The van der Waals surface area contributed by atoms with Crippen LogP contribution in [0.25, 0.3) is 11.1 Å². The van der Waals surface area contributed by atoms with E-state index < -0.39 is 11.7 Å². The van der Waals surface area contributed by atoms with Crippen molar-refractivity contribution in [1.29, 1.82) is 0 Å². The van der Waals surface area contributed by atoms with Crippen LogP contribution < -0.4 is 5.32 Å². The maximum absolute atomic E-state index is 12.5. The summed E-state index contributed by atoms with van der Waals surface area (Å²) in [7, 11) is 0. The van der Waals surface area contributed by atoms with Crippen LogP contribution in [-0.2, 0) is 12.6 Å². The molecule has 0 aliphatic rings. The highest BCUT2D eigenvalue weighted by molar-refractivity contribution is 5.78. The van der Waals surface area contributed by atoms with Crippen LogP contribution in [0, 0.1) is 0 Å². The van der Waals surface area contributed by atoms with Gasteiger partial charge in [0.15, 0.2) is 5.58 Å². The number of nitrogens with one attached hydrogen (secondary N) is 1. The number of nitrogens with zero attached hydrogens (tertiary/aromatic N) is 1. The molecule has 1 aromatic heterocycles. The minimum atomic E-state index is -4.34. The van der Waals surface area contributed by atoms with Crippen LogP contribution in [0.5, 0.6) is 0 Å². The maximum Gasteiger partial charge on any atom is 0.416 e. The average Bonchev–Trinajstić information content (AvgIpc) is 2.89. The monoisotopic (exact) mass is 306 g/mol. The third kappa shape index (κ3) is 2.77. The zero-order chi connectivity index (χ0) is 15.7. The highest BCUT2D eigenvalue weighted by Crippen LogP contribution is 2.31. The lowest BCUT2D eigenvalue weighted by atomic mass is 10.1. The first kappa shape index (κ1) is 14.4. The Hall–Kier alpha value is -2.50. The zero-order valence-electron chi connectivity index (χ0n) is 11.7. The SMILES string of the molecule is CCc1cccc2oc(Nc3ccc(C(F)(F)F)cc3)nc12. The van der Waals surface area contributed by atoms with Crippen molar-refractivity contribution in [2.75, 3.05) is 5.32 Å². The van der Waals surface area contributed by atoms with Crippen molar-refractivity contribution in [2.45, 2.75) is 19.5 Å². The number of rotatable bonds is 3. The largest absolute Gasteiger partial charge is 0.423 e. The molecule has 2 aromatic carbocycles. The number of alkyl halides is 3. The molecular weight excluding hydrogens is 293 g/mol. The Labute approximate surface area is 124 Å². The summed E-state index contributed by atoms with van der Waals surface area (Å²) in [6.45, 7) is 2.02. The van der Waals surface area contributed by atoms with Crippen molar-refractivity contribution in [1.82, 2.24) is 4.98 Å². The van der Waals surface area contributed by atoms with E-state index in [-0.39, 0.29) is 6.01 Å². The van der Waals surface area contributed by atoms with Gasteiger partial charge >= 0.3 is 6.18 Å². The Morgan fingerprint density at radius 1 is 1.09 bits per heavy atom. The van der Waals surface area contributed by atoms with Gasteiger partial charge in [0.1, 0.15) is 5.52 Å². The molecule has 3 aromatic rings. The van der Waals surface area contributed by atoms with Crippen molar-refractivity contribution in [3.8, 4) is 0 Å². The van der Waals surface area contributed by atoms with Crippen molar-refractivity contribution in [3.63, 3.8) is 0 Å². The molecule has 0 radical (unpaired) electrons. The lowest BCUT2D eigenvalue weighted by Crippen LogP contribution is -2.04. The van der Waals surface area contributed by atoms with Crippen molar-refractivity contribution in [3.05, 3.63) is 53.6 Å². The molecule has 6 heteroatoms. The summed E-state index contributed by atoms with van der Waals surface area (Å²) in [5, 5.41) is 2.88. The summed E-state index contributed by atoms with van der Waals surface area (Å²) in [6.07, 6.45) is -3.52. The van der Waals surface area contributed by atoms with Gasteiger partial charge in [-0.15, -0.1) is 0 Å². The molecule has 0 fully saturated rings. The highest BCUT2D eigenvalue weighted by Gasteiger charge is 2.29. The predicted molar refractivity (Wildman–Crippen MR) is 78.1 cm³/mol. The summed E-state index contributed by atoms with van der Waals surface area (Å²) < 4.78 is 43.1. The van der Waals surface area contributed by atoms with Gasteiger partial charge < -0.3 is 9.73 Å². The van der Waals surface area contributed by atoms with Crippen LogP contribution >= 0.6 is 0 Å². The number of hydrogen-bond donors (Lipinski definition) is 1. The fraction of sp³-hybridized carbons (Fsp3) is 0.188.